The van der Waals surface area contributed by atoms with Gasteiger partial charge in [0, 0.05) is 51.9 Å². The number of hydrogen-bond donors (Lipinski definition) is 2. The SMILES string of the molecule is CN(CCN1CCN(S(C)(=O)=O)CC1)S(=O)(=O)N(Cc1ccc(C(=O)NN)cc1)c1ccccc1. The summed E-state index contributed by atoms with van der Waals surface area (Å²) in [4.78, 5) is 13.8. The number of anilines is 1. The molecule has 13 heteroatoms. The number of amides is 1. The van der Waals surface area contributed by atoms with Crippen LogP contribution in [0, 0.1) is 0 Å². The predicted octanol–water partition coefficient (Wildman–Crippen LogP) is 0.0505. The Kier molecular flexibility index (Phi) is 8.85. The highest BCUT2D eigenvalue weighted by Gasteiger charge is 2.29. The van der Waals surface area contributed by atoms with Crippen LogP contribution in [0.5, 0.6) is 0 Å². The lowest BCUT2D eigenvalue weighted by Gasteiger charge is -2.35. The van der Waals surface area contributed by atoms with Crippen LogP contribution in [0.15, 0.2) is 54.6 Å². The molecule has 0 aromatic heterocycles. The van der Waals surface area contributed by atoms with Gasteiger partial charge >= 0.3 is 10.2 Å². The van der Waals surface area contributed by atoms with E-state index in [-0.39, 0.29) is 13.1 Å². The second-order valence-corrected chi connectivity index (χ2v) is 12.3. The monoisotopic (exact) mass is 524 g/mol. The summed E-state index contributed by atoms with van der Waals surface area (Å²) in [7, 11) is -5.57. The Morgan fingerprint density at radius 2 is 1.57 bits per heavy atom. The summed E-state index contributed by atoms with van der Waals surface area (Å²) >= 11 is 0. The van der Waals surface area contributed by atoms with Gasteiger partial charge in [-0.3, -0.25) is 19.4 Å². The lowest BCUT2D eigenvalue weighted by atomic mass is 10.1. The van der Waals surface area contributed by atoms with Gasteiger partial charge in [-0.2, -0.15) is 17.0 Å². The summed E-state index contributed by atoms with van der Waals surface area (Å²) in [5, 5.41) is 0. The first kappa shape index (κ1) is 27.0. The average Bonchev–Trinajstić information content (AvgIpc) is 2.85. The number of para-hydroxylation sites is 1. The average molecular weight is 525 g/mol. The van der Waals surface area contributed by atoms with E-state index in [1.807, 2.05) is 6.07 Å². The van der Waals surface area contributed by atoms with Gasteiger partial charge in [-0.05, 0) is 29.8 Å². The minimum Gasteiger partial charge on any atom is -0.299 e. The van der Waals surface area contributed by atoms with E-state index < -0.39 is 26.1 Å². The number of sulfonamides is 1. The van der Waals surface area contributed by atoms with Crippen LogP contribution in [0.2, 0.25) is 0 Å². The summed E-state index contributed by atoms with van der Waals surface area (Å²) in [5.74, 6) is 4.74. The van der Waals surface area contributed by atoms with Crippen LogP contribution in [-0.4, -0.2) is 88.8 Å². The quantitative estimate of drug-likeness (QED) is 0.255. The summed E-state index contributed by atoms with van der Waals surface area (Å²) < 4.78 is 54.6. The largest absolute Gasteiger partial charge is 0.304 e. The maximum atomic E-state index is 13.6. The molecule has 0 atom stereocenters. The molecule has 1 aliphatic rings. The van der Waals surface area contributed by atoms with Gasteiger partial charge in [-0.1, -0.05) is 30.3 Å². The van der Waals surface area contributed by atoms with Gasteiger partial charge in [-0.25, -0.2) is 14.3 Å². The zero-order valence-electron chi connectivity index (χ0n) is 19.9. The maximum absolute atomic E-state index is 13.6. The zero-order chi connectivity index (χ0) is 25.6. The van der Waals surface area contributed by atoms with Crippen LogP contribution >= 0.6 is 0 Å². The molecule has 0 spiro atoms. The van der Waals surface area contributed by atoms with Crippen molar-refractivity contribution in [2.45, 2.75) is 6.54 Å². The Balaban J connectivity index is 1.71. The number of nitrogens with zero attached hydrogens (tertiary/aromatic N) is 4. The molecule has 2 aromatic carbocycles. The smallest absolute Gasteiger partial charge is 0.299 e. The van der Waals surface area contributed by atoms with E-state index in [2.05, 4.69) is 10.3 Å². The maximum Gasteiger partial charge on any atom is 0.304 e. The van der Waals surface area contributed by atoms with Gasteiger partial charge in [0.1, 0.15) is 0 Å². The first-order chi connectivity index (χ1) is 16.5. The molecule has 0 aliphatic carbocycles. The number of nitrogens with one attached hydrogen (secondary N) is 1. The van der Waals surface area contributed by atoms with Crippen LogP contribution < -0.4 is 15.6 Å². The van der Waals surface area contributed by atoms with E-state index in [1.165, 1.54) is 26.2 Å². The molecule has 1 saturated heterocycles. The van der Waals surface area contributed by atoms with Crippen molar-refractivity contribution in [2.24, 2.45) is 5.84 Å². The number of benzene rings is 2. The van der Waals surface area contributed by atoms with E-state index in [0.717, 1.165) is 0 Å². The first-order valence-electron chi connectivity index (χ1n) is 11.1. The lowest BCUT2D eigenvalue weighted by molar-refractivity contribution is 0.0953. The lowest BCUT2D eigenvalue weighted by Crippen LogP contribution is -2.51. The fourth-order valence-corrected chi connectivity index (χ4v) is 5.94. The third kappa shape index (κ3) is 6.99. The van der Waals surface area contributed by atoms with Crippen molar-refractivity contribution < 1.29 is 21.6 Å². The molecular weight excluding hydrogens is 492 g/mol. The molecular formula is C22H32N6O5S2. The Bertz CT molecular complexity index is 1200. The Labute approximate surface area is 207 Å². The van der Waals surface area contributed by atoms with Crippen molar-refractivity contribution in [3.8, 4) is 0 Å². The fraction of sp³-hybridized carbons (Fsp3) is 0.409. The molecule has 1 heterocycles. The van der Waals surface area contributed by atoms with E-state index in [1.54, 1.807) is 48.5 Å². The Morgan fingerprint density at radius 1 is 0.971 bits per heavy atom. The van der Waals surface area contributed by atoms with E-state index >= 15 is 0 Å². The highest BCUT2D eigenvalue weighted by molar-refractivity contribution is 7.90. The molecule has 1 aliphatic heterocycles. The van der Waals surface area contributed by atoms with E-state index in [4.69, 9.17) is 5.84 Å². The van der Waals surface area contributed by atoms with Gasteiger partial charge in [-0.15, -0.1) is 0 Å². The van der Waals surface area contributed by atoms with Gasteiger partial charge in [0.2, 0.25) is 10.0 Å². The van der Waals surface area contributed by atoms with Crippen molar-refractivity contribution in [1.29, 1.82) is 0 Å². The molecule has 0 unspecified atom stereocenters. The second-order valence-electron chi connectivity index (χ2n) is 8.35. The molecule has 0 radical (unpaired) electrons. The van der Waals surface area contributed by atoms with Crippen LogP contribution in [0.1, 0.15) is 15.9 Å². The van der Waals surface area contributed by atoms with Crippen molar-refractivity contribution in [3.05, 3.63) is 65.7 Å². The third-order valence-electron chi connectivity index (χ3n) is 5.92. The highest BCUT2D eigenvalue weighted by Crippen LogP contribution is 2.23. The van der Waals surface area contributed by atoms with Crippen LogP contribution in [0.4, 0.5) is 5.69 Å². The Morgan fingerprint density at radius 3 is 2.11 bits per heavy atom. The summed E-state index contributed by atoms with van der Waals surface area (Å²) in [6.07, 6.45) is 1.20. The minimum atomic E-state index is -3.88. The molecule has 3 N–H and O–H groups in total. The van der Waals surface area contributed by atoms with Gasteiger partial charge in [0.25, 0.3) is 5.91 Å². The number of rotatable bonds is 10. The molecule has 11 nitrogen and oxygen atoms in total. The number of piperazine rings is 1. The van der Waals surface area contributed by atoms with Crippen molar-refractivity contribution in [1.82, 2.24) is 18.9 Å². The van der Waals surface area contributed by atoms with Gasteiger partial charge in [0.15, 0.2) is 0 Å². The standard InChI is InChI=1S/C22H32N6O5S2/c1-25(12-13-26-14-16-27(17-15-26)34(2,30)31)35(32,33)28(21-6-4-3-5-7-21)18-19-8-10-20(11-9-19)22(29)24-23/h3-11H,12-18,23H2,1-2H3,(H,24,29). The van der Waals surface area contributed by atoms with E-state index in [0.29, 0.717) is 49.5 Å². The highest BCUT2D eigenvalue weighted by atomic mass is 32.2. The van der Waals surface area contributed by atoms with Crippen molar-refractivity contribution in [2.75, 3.05) is 56.9 Å². The van der Waals surface area contributed by atoms with Crippen molar-refractivity contribution in [3.63, 3.8) is 0 Å². The van der Waals surface area contributed by atoms with E-state index in [9.17, 15) is 21.6 Å². The van der Waals surface area contributed by atoms with Crippen LogP contribution in [0.25, 0.3) is 0 Å². The van der Waals surface area contributed by atoms with Crippen LogP contribution in [0.3, 0.4) is 0 Å². The molecule has 1 amide bonds. The number of likely N-dealkylation sites (N-methyl/N-ethyl adjacent to an activating group) is 1. The number of nitrogens with two attached hydrogens (primary N) is 1. The first-order valence-corrected chi connectivity index (χ1v) is 14.3. The van der Waals surface area contributed by atoms with Crippen LogP contribution in [-0.2, 0) is 26.8 Å². The zero-order valence-corrected chi connectivity index (χ0v) is 21.5. The molecule has 0 saturated carbocycles. The molecule has 1 fully saturated rings. The minimum absolute atomic E-state index is 0.0776. The molecule has 35 heavy (non-hydrogen) atoms. The van der Waals surface area contributed by atoms with Gasteiger partial charge in [0.05, 0.1) is 18.5 Å². The molecule has 3 rings (SSSR count). The summed E-state index contributed by atoms with van der Waals surface area (Å²) in [5.41, 5.74) is 3.67. The summed E-state index contributed by atoms with van der Waals surface area (Å²) in [6, 6.07) is 15.4. The molecule has 192 valence electrons. The number of hydrazine groups is 1. The number of carbonyl (C=O) groups is 1. The topological polar surface area (TPSA) is 136 Å². The number of hydrogen-bond acceptors (Lipinski definition) is 7. The summed E-state index contributed by atoms with van der Waals surface area (Å²) in [6.45, 7) is 2.69. The Hall–Kier alpha value is -2.55. The normalized spacial score (nSPS) is 15.8. The third-order valence-corrected chi connectivity index (χ3v) is 9.09. The fourth-order valence-electron chi connectivity index (χ4n) is 3.76. The molecule has 0 bridgehead atoms. The number of carbonyl (C=O) groups excluding carboxylic acids is 1. The molecule has 2 aromatic rings. The van der Waals surface area contributed by atoms with Gasteiger partial charge < -0.3 is 0 Å². The number of nitrogen functional groups attached to an aromatic ring is 1. The van der Waals surface area contributed by atoms with Crippen molar-refractivity contribution >= 4 is 31.8 Å². The predicted molar refractivity (Wildman–Crippen MR) is 135 cm³/mol. The second kappa shape index (κ2) is 11.5.